The van der Waals surface area contributed by atoms with Gasteiger partial charge in [0.25, 0.3) is 0 Å². The zero-order chi connectivity index (χ0) is 13.4. The highest BCUT2D eigenvalue weighted by Crippen LogP contribution is 2.19. The van der Waals surface area contributed by atoms with Crippen molar-refractivity contribution < 1.29 is 0 Å². The zero-order valence-corrected chi connectivity index (χ0v) is 11.9. The van der Waals surface area contributed by atoms with Crippen molar-refractivity contribution in [2.24, 2.45) is 0 Å². The molecular weight excluding hydrogens is 224 g/mol. The number of unbranched alkanes of at least 4 members (excludes halogenated alkanes) is 3. The SMILES string of the molecule is CCCCCNc1nc(N)nc(C)c1CCCC. The Morgan fingerprint density at radius 2 is 1.78 bits per heavy atom. The number of rotatable bonds is 8. The summed E-state index contributed by atoms with van der Waals surface area (Å²) in [4.78, 5) is 8.60. The van der Waals surface area contributed by atoms with Gasteiger partial charge in [0.15, 0.2) is 0 Å². The molecule has 1 aromatic heterocycles. The van der Waals surface area contributed by atoms with E-state index in [9.17, 15) is 0 Å². The van der Waals surface area contributed by atoms with E-state index in [1.54, 1.807) is 0 Å². The third kappa shape index (κ3) is 4.51. The summed E-state index contributed by atoms with van der Waals surface area (Å²) in [6.07, 6.45) is 7.02. The van der Waals surface area contributed by atoms with Gasteiger partial charge in [-0.1, -0.05) is 33.1 Å². The highest BCUT2D eigenvalue weighted by atomic mass is 15.1. The van der Waals surface area contributed by atoms with Crippen molar-refractivity contribution in [2.75, 3.05) is 17.6 Å². The molecule has 102 valence electrons. The molecule has 0 bridgehead atoms. The van der Waals surface area contributed by atoms with E-state index in [4.69, 9.17) is 5.73 Å². The lowest BCUT2D eigenvalue weighted by molar-refractivity contribution is 0.738. The molecule has 0 fully saturated rings. The van der Waals surface area contributed by atoms with Crippen LogP contribution in [0.15, 0.2) is 0 Å². The molecule has 0 amide bonds. The molecule has 0 aliphatic heterocycles. The molecule has 0 radical (unpaired) electrons. The molecule has 0 saturated heterocycles. The topological polar surface area (TPSA) is 63.8 Å². The number of nitrogens with one attached hydrogen (secondary N) is 1. The Bertz CT molecular complexity index is 363. The van der Waals surface area contributed by atoms with Gasteiger partial charge in [0.05, 0.1) is 0 Å². The average molecular weight is 250 g/mol. The van der Waals surface area contributed by atoms with E-state index in [0.29, 0.717) is 5.95 Å². The van der Waals surface area contributed by atoms with E-state index in [-0.39, 0.29) is 0 Å². The molecule has 0 aliphatic carbocycles. The predicted octanol–water partition coefficient (Wildman–Crippen LogP) is 3.31. The maximum absolute atomic E-state index is 5.73. The van der Waals surface area contributed by atoms with Gasteiger partial charge in [-0.15, -0.1) is 0 Å². The van der Waals surface area contributed by atoms with Crippen LogP contribution in [0.1, 0.15) is 57.2 Å². The van der Waals surface area contributed by atoms with Gasteiger partial charge in [0.2, 0.25) is 5.95 Å². The number of nitrogen functional groups attached to an aromatic ring is 1. The second kappa shape index (κ2) is 7.90. The third-order valence-corrected chi connectivity index (χ3v) is 3.08. The van der Waals surface area contributed by atoms with E-state index in [1.807, 2.05) is 6.92 Å². The molecule has 0 aromatic carbocycles. The van der Waals surface area contributed by atoms with Crippen LogP contribution < -0.4 is 11.1 Å². The molecular formula is C14H26N4. The predicted molar refractivity (Wildman–Crippen MR) is 77.8 cm³/mol. The van der Waals surface area contributed by atoms with Gasteiger partial charge in [-0.25, -0.2) is 4.98 Å². The number of anilines is 2. The Hall–Kier alpha value is -1.32. The lowest BCUT2D eigenvalue weighted by Crippen LogP contribution is -2.11. The van der Waals surface area contributed by atoms with Crippen LogP contribution in [0.3, 0.4) is 0 Å². The summed E-state index contributed by atoms with van der Waals surface area (Å²) in [5, 5.41) is 3.41. The lowest BCUT2D eigenvalue weighted by Gasteiger charge is -2.13. The van der Waals surface area contributed by atoms with Crippen molar-refractivity contribution in [2.45, 2.75) is 59.3 Å². The van der Waals surface area contributed by atoms with Crippen LogP contribution in [0.25, 0.3) is 0 Å². The first-order valence-corrected chi connectivity index (χ1v) is 7.05. The summed E-state index contributed by atoms with van der Waals surface area (Å²) < 4.78 is 0. The lowest BCUT2D eigenvalue weighted by atomic mass is 10.1. The van der Waals surface area contributed by atoms with Gasteiger partial charge >= 0.3 is 0 Å². The molecule has 1 rings (SSSR count). The summed E-state index contributed by atoms with van der Waals surface area (Å²) in [7, 11) is 0. The first-order valence-electron chi connectivity index (χ1n) is 7.05. The van der Waals surface area contributed by atoms with Crippen LogP contribution in [0.5, 0.6) is 0 Å². The fraction of sp³-hybridized carbons (Fsp3) is 0.714. The quantitative estimate of drug-likeness (QED) is 0.695. The van der Waals surface area contributed by atoms with Crippen LogP contribution in [0, 0.1) is 6.92 Å². The van der Waals surface area contributed by atoms with E-state index < -0.39 is 0 Å². The van der Waals surface area contributed by atoms with E-state index >= 15 is 0 Å². The highest BCUT2D eigenvalue weighted by molar-refractivity contribution is 5.49. The summed E-state index contributed by atoms with van der Waals surface area (Å²) in [6.45, 7) is 7.38. The van der Waals surface area contributed by atoms with Crippen LogP contribution in [-0.4, -0.2) is 16.5 Å². The Balaban J connectivity index is 2.72. The minimum atomic E-state index is 0.366. The first-order chi connectivity index (χ1) is 8.69. The highest BCUT2D eigenvalue weighted by Gasteiger charge is 2.09. The monoisotopic (exact) mass is 250 g/mol. The van der Waals surface area contributed by atoms with Gasteiger partial charge in [0.1, 0.15) is 5.82 Å². The number of hydrogen-bond acceptors (Lipinski definition) is 4. The summed E-state index contributed by atoms with van der Waals surface area (Å²) in [5.74, 6) is 1.30. The maximum Gasteiger partial charge on any atom is 0.222 e. The summed E-state index contributed by atoms with van der Waals surface area (Å²) >= 11 is 0. The van der Waals surface area contributed by atoms with Crippen LogP contribution in [-0.2, 0) is 6.42 Å². The van der Waals surface area contributed by atoms with Crippen molar-refractivity contribution in [3.63, 3.8) is 0 Å². The molecule has 4 heteroatoms. The van der Waals surface area contributed by atoms with Crippen molar-refractivity contribution >= 4 is 11.8 Å². The molecule has 0 atom stereocenters. The Kier molecular flexibility index (Phi) is 6.47. The Labute approximate surface area is 110 Å². The molecule has 18 heavy (non-hydrogen) atoms. The second-order valence-electron chi connectivity index (χ2n) is 4.73. The fourth-order valence-electron chi connectivity index (χ4n) is 2.00. The first kappa shape index (κ1) is 14.7. The van der Waals surface area contributed by atoms with Gasteiger partial charge in [-0.3, -0.25) is 0 Å². The normalized spacial score (nSPS) is 10.6. The minimum absolute atomic E-state index is 0.366. The van der Waals surface area contributed by atoms with E-state index in [0.717, 1.165) is 30.9 Å². The number of hydrogen-bond donors (Lipinski definition) is 2. The second-order valence-corrected chi connectivity index (χ2v) is 4.73. The van der Waals surface area contributed by atoms with Crippen molar-refractivity contribution in [1.82, 2.24) is 9.97 Å². The van der Waals surface area contributed by atoms with E-state index in [2.05, 4.69) is 29.1 Å². The molecule has 0 aliphatic rings. The summed E-state index contributed by atoms with van der Waals surface area (Å²) in [5.41, 5.74) is 7.96. The molecule has 0 unspecified atom stereocenters. The molecule has 3 N–H and O–H groups in total. The summed E-state index contributed by atoms with van der Waals surface area (Å²) in [6, 6.07) is 0. The number of aryl methyl sites for hydroxylation is 1. The standard InChI is InChI=1S/C14H26N4/c1-4-6-8-10-16-13-12(9-7-5-2)11(3)17-14(15)18-13/h4-10H2,1-3H3,(H3,15,16,17,18). The van der Waals surface area contributed by atoms with Gasteiger partial charge in [-0.05, 0) is 26.2 Å². The molecule has 4 nitrogen and oxygen atoms in total. The largest absolute Gasteiger partial charge is 0.370 e. The molecule has 1 heterocycles. The number of nitrogens with zero attached hydrogens (tertiary/aromatic N) is 2. The van der Waals surface area contributed by atoms with Gasteiger partial charge < -0.3 is 11.1 Å². The minimum Gasteiger partial charge on any atom is -0.370 e. The van der Waals surface area contributed by atoms with Crippen molar-refractivity contribution in [3.8, 4) is 0 Å². The van der Waals surface area contributed by atoms with E-state index in [1.165, 1.54) is 31.2 Å². The number of nitrogens with two attached hydrogens (primary N) is 1. The molecule has 1 aromatic rings. The maximum atomic E-state index is 5.73. The fourth-order valence-corrected chi connectivity index (χ4v) is 2.00. The smallest absolute Gasteiger partial charge is 0.222 e. The van der Waals surface area contributed by atoms with Crippen LogP contribution in [0.4, 0.5) is 11.8 Å². The average Bonchev–Trinajstić information content (AvgIpc) is 2.33. The van der Waals surface area contributed by atoms with Gasteiger partial charge in [0, 0.05) is 17.8 Å². The Morgan fingerprint density at radius 3 is 2.44 bits per heavy atom. The van der Waals surface area contributed by atoms with Crippen LogP contribution >= 0.6 is 0 Å². The van der Waals surface area contributed by atoms with Crippen molar-refractivity contribution in [3.05, 3.63) is 11.3 Å². The zero-order valence-electron chi connectivity index (χ0n) is 11.9. The molecule has 0 saturated carbocycles. The van der Waals surface area contributed by atoms with Gasteiger partial charge in [-0.2, -0.15) is 4.98 Å². The number of aromatic nitrogens is 2. The third-order valence-electron chi connectivity index (χ3n) is 3.08. The Morgan fingerprint density at radius 1 is 1.06 bits per heavy atom. The van der Waals surface area contributed by atoms with Crippen molar-refractivity contribution in [1.29, 1.82) is 0 Å². The van der Waals surface area contributed by atoms with Crippen LogP contribution in [0.2, 0.25) is 0 Å². The molecule has 0 spiro atoms.